The summed E-state index contributed by atoms with van der Waals surface area (Å²) in [7, 11) is -3.22. The maximum atomic E-state index is 13.1. The van der Waals surface area contributed by atoms with E-state index in [2.05, 4.69) is 19.2 Å². The number of nitrogens with zero attached hydrogens (tertiary/aromatic N) is 2. The van der Waals surface area contributed by atoms with Crippen molar-refractivity contribution in [2.75, 3.05) is 42.7 Å². The van der Waals surface area contributed by atoms with E-state index >= 15 is 0 Å². The van der Waals surface area contributed by atoms with Crippen molar-refractivity contribution in [3.8, 4) is 5.75 Å². The van der Waals surface area contributed by atoms with E-state index in [0.717, 1.165) is 12.1 Å². The van der Waals surface area contributed by atoms with Crippen LogP contribution in [0.2, 0.25) is 0 Å². The Bertz CT molecular complexity index is 966. The Morgan fingerprint density at radius 1 is 1.25 bits per heavy atom. The molecule has 0 radical (unpaired) electrons. The smallest absolute Gasteiger partial charge is 0.236 e. The van der Waals surface area contributed by atoms with Crippen molar-refractivity contribution in [2.45, 2.75) is 47.0 Å². The van der Waals surface area contributed by atoms with Gasteiger partial charge < -0.3 is 15.0 Å². The van der Waals surface area contributed by atoms with Crippen LogP contribution in [-0.4, -0.2) is 57.0 Å². The molecule has 0 spiro atoms. The lowest BCUT2D eigenvalue weighted by atomic mass is 9.92. The van der Waals surface area contributed by atoms with Gasteiger partial charge in [0.2, 0.25) is 21.8 Å². The number of amides is 2. The fourth-order valence-electron chi connectivity index (χ4n) is 4.03. The topological polar surface area (TPSA) is 96.0 Å². The van der Waals surface area contributed by atoms with Crippen LogP contribution in [-0.2, 0) is 19.6 Å². The molecule has 32 heavy (non-hydrogen) atoms. The van der Waals surface area contributed by atoms with E-state index in [1.807, 2.05) is 19.9 Å². The molecule has 1 fully saturated rings. The third-order valence-electron chi connectivity index (χ3n) is 6.15. The van der Waals surface area contributed by atoms with Crippen LogP contribution in [0, 0.1) is 17.3 Å². The van der Waals surface area contributed by atoms with E-state index in [9.17, 15) is 18.0 Å². The second-order valence-electron chi connectivity index (χ2n) is 9.92. The lowest BCUT2D eigenvalue weighted by Crippen LogP contribution is -2.42. The summed E-state index contributed by atoms with van der Waals surface area (Å²) in [5, 5.41) is 2.94. The third kappa shape index (κ3) is 5.61. The number of ether oxygens (including phenoxy) is 1. The van der Waals surface area contributed by atoms with Crippen molar-refractivity contribution < 1.29 is 22.7 Å². The summed E-state index contributed by atoms with van der Waals surface area (Å²) in [6.45, 7) is 9.61. The molecule has 1 saturated heterocycles. The first-order valence-corrected chi connectivity index (χ1v) is 13.1. The van der Waals surface area contributed by atoms with Crippen molar-refractivity contribution in [1.82, 2.24) is 4.31 Å². The maximum Gasteiger partial charge on any atom is 0.236 e. The van der Waals surface area contributed by atoms with E-state index in [1.165, 1.54) is 10.6 Å². The monoisotopic (exact) mass is 465 g/mol. The Hall–Kier alpha value is -2.13. The minimum Gasteiger partial charge on any atom is -0.490 e. The fraction of sp³-hybridized carbons (Fsp3) is 0.652. The quantitative estimate of drug-likeness (QED) is 0.696. The van der Waals surface area contributed by atoms with Gasteiger partial charge in [0.15, 0.2) is 0 Å². The Morgan fingerprint density at radius 3 is 2.50 bits per heavy atom. The molecular formula is C23H35N3O5S. The van der Waals surface area contributed by atoms with E-state index in [-0.39, 0.29) is 24.3 Å². The molecule has 9 heteroatoms. The van der Waals surface area contributed by atoms with Crippen LogP contribution in [0.4, 0.5) is 11.4 Å². The van der Waals surface area contributed by atoms with Crippen LogP contribution >= 0.6 is 0 Å². The second kappa shape index (κ2) is 9.39. The Kier molecular flexibility index (Phi) is 7.19. The number of anilines is 2. The first-order chi connectivity index (χ1) is 14.9. The number of piperidine rings is 1. The van der Waals surface area contributed by atoms with Gasteiger partial charge in [-0.05, 0) is 51.2 Å². The predicted octanol–water partition coefficient (Wildman–Crippen LogP) is 3.09. The highest BCUT2D eigenvalue weighted by Crippen LogP contribution is 2.38. The number of carbonyl (C=O) groups is 2. The molecule has 1 aromatic carbocycles. The highest BCUT2D eigenvalue weighted by atomic mass is 32.2. The Labute approximate surface area is 191 Å². The average Bonchev–Trinajstić information content (AvgIpc) is 2.81. The molecule has 0 aliphatic carbocycles. The molecule has 8 nitrogen and oxygen atoms in total. The molecule has 1 aromatic rings. The van der Waals surface area contributed by atoms with Gasteiger partial charge in [0.25, 0.3) is 0 Å². The highest BCUT2D eigenvalue weighted by molar-refractivity contribution is 7.88. The van der Waals surface area contributed by atoms with Crippen molar-refractivity contribution in [2.24, 2.45) is 17.3 Å². The summed E-state index contributed by atoms with van der Waals surface area (Å²) in [6, 6.07) is 5.40. The number of sulfonamides is 1. The van der Waals surface area contributed by atoms with Crippen molar-refractivity contribution in [1.29, 1.82) is 0 Å². The molecule has 2 aliphatic heterocycles. The van der Waals surface area contributed by atoms with Gasteiger partial charge in [-0.3, -0.25) is 9.59 Å². The van der Waals surface area contributed by atoms with E-state index < -0.39 is 15.4 Å². The van der Waals surface area contributed by atoms with E-state index in [0.29, 0.717) is 49.8 Å². The van der Waals surface area contributed by atoms with E-state index in [1.54, 1.807) is 17.0 Å². The summed E-state index contributed by atoms with van der Waals surface area (Å²) < 4.78 is 30.8. The van der Waals surface area contributed by atoms with Gasteiger partial charge in [-0.2, -0.15) is 0 Å². The number of hydrogen-bond acceptors (Lipinski definition) is 5. The molecule has 1 N–H and O–H groups in total. The number of benzene rings is 1. The van der Waals surface area contributed by atoms with Crippen molar-refractivity contribution >= 4 is 33.2 Å². The first-order valence-electron chi connectivity index (χ1n) is 11.2. The number of fused-ring (bicyclic) bond motifs is 1. The van der Waals surface area contributed by atoms with Crippen LogP contribution in [0.1, 0.15) is 47.0 Å². The fourth-order valence-corrected chi connectivity index (χ4v) is 4.90. The van der Waals surface area contributed by atoms with Gasteiger partial charge in [-0.1, -0.05) is 13.8 Å². The lowest BCUT2D eigenvalue weighted by Gasteiger charge is -2.29. The molecule has 0 bridgehead atoms. The van der Waals surface area contributed by atoms with Gasteiger partial charge in [0, 0.05) is 37.3 Å². The van der Waals surface area contributed by atoms with Gasteiger partial charge in [-0.15, -0.1) is 0 Å². The van der Waals surface area contributed by atoms with Crippen LogP contribution in [0.3, 0.4) is 0 Å². The Morgan fingerprint density at radius 2 is 1.91 bits per heavy atom. The van der Waals surface area contributed by atoms with Gasteiger partial charge in [-0.25, -0.2) is 12.7 Å². The SMILES string of the molecule is CC(C)CCN1C(=O)C(C)(C)COc2cc(NC(=O)C3CCN(S(C)(=O)=O)CC3)ccc21. The number of hydrogen-bond donors (Lipinski definition) is 1. The summed E-state index contributed by atoms with van der Waals surface area (Å²) in [4.78, 5) is 27.7. The maximum absolute atomic E-state index is 13.1. The third-order valence-corrected chi connectivity index (χ3v) is 7.46. The highest BCUT2D eigenvalue weighted by Gasteiger charge is 2.38. The first kappa shape index (κ1) is 24.5. The molecule has 2 heterocycles. The zero-order chi connectivity index (χ0) is 23.7. The average molecular weight is 466 g/mol. The minimum absolute atomic E-state index is 0.0336. The lowest BCUT2D eigenvalue weighted by molar-refractivity contribution is -0.127. The van der Waals surface area contributed by atoms with Crippen LogP contribution in [0.25, 0.3) is 0 Å². The van der Waals surface area contributed by atoms with Gasteiger partial charge in [0.05, 0.1) is 17.4 Å². The summed E-state index contributed by atoms with van der Waals surface area (Å²) in [5.41, 5.74) is 0.684. The Balaban J connectivity index is 1.74. The van der Waals surface area contributed by atoms with Crippen molar-refractivity contribution in [3.63, 3.8) is 0 Å². The van der Waals surface area contributed by atoms with Gasteiger partial charge in [0.1, 0.15) is 12.4 Å². The zero-order valence-electron chi connectivity index (χ0n) is 19.7. The predicted molar refractivity (Wildman–Crippen MR) is 125 cm³/mol. The largest absolute Gasteiger partial charge is 0.490 e. The summed E-state index contributed by atoms with van der Waals surface area (Å²) >= 11 is 0. The number of nitrogens with one attached hydrogen (secondary N) is 1. The molecule has 0 unspecified atom stereocenters. The molecular weight excluding hydrogens is 430 g/mol. The number of carbonyl (C=O) groups excluding carboxylic acids is 2. The number of rotatable bonds is 6. The molecule has 2 amide bonds. The summed E-state index contributed by atoms with van der Waals surface area (Å²) in [6.07, 6.45) is 3.06. The normalized spacial score (nSPS) is 19.9. The summed E-state index contributed by atoms with van der Waals surface area (Å²) in [5.74, 6) is 0.713. The second-order valence-corrected chi connectivity index (χ2v) is 11.9. The molecule has 0 atom stereocenters. The van der Waals surface area contributed by atoms with Crippen LogP contribution in [0.15, 0.2) is 18.2 Å². The standard InChI is InChI=1S/C23H35N3O5S/c1-16(2)8-13-26-19-7-6-18(14-20(19)31-15-23(3,4)22(26)28)24-21(27)17-9-11-25(12-10-17)32(5,29)30/h6-7,14,16-17H,8-13,15H2,1-5H3,(H,24,27). The minimum atomic E-state index is -3.22. The zero-order valence-corrected chi connectivity index (χ0v) is 20.5. The van der Waals surface area contributed by atoms with Crippen LogP contribution < -0.4 is 15.0 Å². The van der Waals surface area contributed by atoms with Crippen molar-refractivity contribution in [3.05, 3.63) is 18.2 Å². The van der Waals surface area contributed by atoms with E-state index in [4.69, 9.17) is 4.74 Å². The molecule has 3 rings (SSSR count). The molecule has 178 valence electrons. The molecule has 2 aliphatic rings. The molecule has 0 aromatic heterocycles. The van der Waals surface area contributed by atoms with Crippen LogP contribution in [0.5, 0.6) is 5.75 Å². The molecule has 0 saturated carbocycles. The van der Waals surface area contributed by atoms with Gasteiger partial charge >= 0.3 is 0 Å².